The number of alkyl halides is 3. The van der Waals surface area contributed by atoms with Gasteiger partial charge in [-0.1, -0.05) is 46.9 Å². The Bertz CT molecular complexity index is 665. The van der Waals surface area contributed by atoms with Crippen molar-refractivity contribution in [2.45, 2.75) is 6.18 Å². The molecule has 0 aliphatic carbocycles. The second kappa shape index (κ2) is 5.43. The number of halogens is 7. The molecule has 0 fully saturated rings. The van der Waals surface area contributed by atoms with Gasteiger partial charge in [0.25, 0.3) is 0 Å². The molecular weight excluding hydrogens is 338 g/mol. The van der Waals surface area contributed by atoms with Crippen LogP contribution in [0.2, 0.25) is 15.1 Å². The summed E-state index contributed by atoms with van der Waals surface area (Å²) in [5.41, 5.74) is -1.81. The minimum Gasteiger partial charge on any atom is -0.206 e. The Kier molecular flexibility index (Phi) is 4.19. The van der Waals surface area contributed by atoms with E-state index >= 15 is 0 Å². The average Bonchev–Trinajstić information content (AvgIpc) is 2.32. The minimum absolute atomic E-state index is 0.0310. The van der Waals surface area contributed by atoms with Crippen LogP contribution in [-0.2, 0) is 6.18 Å². The molecule has 0 heterocycles. The van der Waals surface area contributed by atoms with Gasteiger partial charge >= 0.3 is 6.18 Å². The molecule has 0 spiro atoms. The molecule has 2 aromatic carbocycles. The highest BCUT2D eigenvalue weighted by Gasteiger charge is 2.37. The number of rotatable bonds is 1. The Morgan fingerprint density at radius 3 is 2.00 bits per heavy atom. The van der Waals surface area contributed by atoms with E-state index < -0.39 is 17.6 Å². The van der Waals surface area contributed by atoms with E-state index in [1.54, 1.807) is 0 Å². The van der Waals surface area contributed by atoms with E-state index in [9.17, 15) is 17.6 Å². The normalized spacial score (nSPS) is 11.8. The molecule has 0 radical (unpaired) electrons. The van der Waals surface area contributed by atoms with Crippen LogP contribution >= 0.6 is 34.8 Å². The predicted octanol–water partition coefficient (Wildman–Crippen LogP) is 6.47. The summed E-state index contributed by atoms with van der Waals surface area (Å²) in [6.45, 7) is 0. The van der Waals surface area contributed by atoms with Crippen LogP contribution in [0.1, 0.15) is 5.56 Å². The van der Waals surface area contributed by atoms with Crippen LogP contribution in [0, 0.1) is 5.82 Å². The van der Waals surface area contributed by atoms with Crippen LogP contribution < -0.4 is 0 Å². The summed E-state index contributed by atoms with van der Waals surface area (Å²) in [5, 5.41) is 0.0873. The van der Waals surface area contributed by atoms with Crippen LogP contribution in [-0.4, -0.2) is 0 Å². The van der Waals surface area contributed by atoms with Gasteiger partial charge in [0.1, 0.15) is 5.82 Å². The Hall–Kier alpha value is -0.970. The molecule has 0 N–H and O–H groups in total. The maximum atomic E-state index is 13.5. The third-order valence-electron chi connectivity index (χ3n) is 2.60. The van der Waals surface area contributed by atoms with Gasteiger partial charge in [0.15, 0.2) is 0 Å². The van der Waals surface area contributed by atoms with E-state index in [4.69, 9.17) is 34.8 Å². The van der Waals surface area contributed by atoms with Crippen molar-refractivity contribution in [1.29, 1.82) is 0 Å². The van der Waals surface area contributed by atoms with Crippen molar-refractivity contribution in [1.82, 2.24) is 0 Å². The highest BCUT2D eigenvalue weighted by molar-refractivity contribution is 6.44. The van der Waals surface area contributed by atoms with E-state index in [0.29, 0.717) is 0 Å². The molecule has 0 saturated heterocycles. The lowest BCUT2D eigenvalue weighted by molar-refractivity contribution is -0.139. The highest BCUT2D eigenvalue weighted by Crippen LogP contribution is 2.42. The molecule has 0 atom stereocenters. The fourth-order valence-electron chi connectivity index (χ4n) is 1.77. The van der Waals surface area contributed by atoms with Crippen LogP contribution in [0.25, 0.3) is 11.1 Å². The van der Waals surface area contributed by atoms with E-state index in [-0.39, 0.29) is 26.2 Å². The van der Waals surface area contributed by atoms with E-state index in [0.717, 1.165) is 12.1 Å². The van der Waals surface area contributed by atoms with Gasteiger partial charge < -0.3 is 0 Å². The summed E-state index contributed by atoms with van der Waals surface area (Å²) in [5.74, 6) is -1.38. The maximum absolute atomic E-state index is 13.5. The van der Waals surface area contributed by atoms with E-state index in [2.05, 4.69) is 0 Å². The van der Waals surface area contributed by atoms with E-state index in [1.165, 1.54) is 18.2 Å². The number of benzene rings is 2. The van der Waals surface area contributed by atoms with Gasteiger partial charge in [0, 0.05) is 10.6 Å². The molecule has 0 nitrogen and oxygen atoms in total. The largest absolute Gasteiger partial charge is 0.419 e. The van der Waals surface area contributed by atoms with Crippen LogP contribution in [0.4, 0.5) is 17.6 Å². The van der Waals surface area contributed by atoms with Gasteiger partial charge in [0.2, 0.25) is 0 Å². The van der Waals surface area contributed by atoms with Crippen molar-refractivity contribution in [3.63, 3.8) is 0 Å². The summed E-state index contributed by atoms with van der Waals surface area (Å²) in [4.78, 5) is 0. The molecule has 0 bridgehead atoms. The minimum atomic E-state index is -4.85. The molecule has 0 saturated carbocycles. The molecule has 2 rings (SSSR count). The topological polar surface area (TPSA) is 0 Å². The van der Waals surface area contributed by atoms with Crippen molar-refractivity contribution >= 4 is 34.8 Å². The Morgan fingerprint density at radius 2 is 1.40 bits per heavy atom. The summed E-state index contributed by atoms with van der Waals surface area (Å²) in [6, 6.07) is 5.41. The first kappa shape index (κ1) is 15.4. The number of hydrogen-bond donors (Lipinski definition) is 0. The second-order valence-corrected chi connectivity index (χ2v) is 5.13. The number of hydrogen-bond acceptors (Lipinski definition) is 0. The monoisotopic (exact) mass is 342 g/mol. The lowest BCUT2D eigenvalue weighted by atomic mass is 9.98. The first-order valence-electron chi connectivity index (χ1n) is 5.22. The van der Waals surface area contributed by atoms with Gasteiger partial charge in [-0.05, 0) is 23.8 Å². The molecule has 0 aliphatic rings. The van der Waals surface area contributed by atoms with Crippen LogP contribution in [0.15, 0.2) is 30.3 Å². The zero-order valence-electron chi connectivity index (χ0n) is 9.53. The lowest BCUT2D eigenvalue weighted by Crippen LogP contribution is -2.10. The molecule has 106 valence electrons. The maximum Gasteiger partial charge on any atom is 0.419 e. The van der Waals surface area contributed by atoms with Gasteiger partial charge in [-0.25, -0.2) is 4.39 Å². The molecule has 0 unspecified atom stereocenters. The molecule has 7 heteroatoms. The first-order chi connectivity index (χ1) is 9.21. The van der Waals surface area contributed by atoms with Gasteiger partial charge in [-0.2, -0.15) is 13.2 Å². The van der Waals surface area contributed by atoms with Crippen LogP contribution in [0.5, 0.6) is 0 Å². The SMILES string of the molecule is Fc1cccc(-c2cc(Cl)c(Cl)cc2Cl)c1C(F)(F)F. The third-order valence-corrected chi connectivity index (χ3v) is 3.63. The van der Waals surface area contributed by atoms with Crippen molar-refractivity contribution in [2.24, 2.45) is 0 Å². The van der Waals surface area contributed by atoms with Crippen molar-refractivity contribution in [3.8, 4) is 11.1 Å². The second-order valence-electron chi connectivity index (χ2n) is 3.91. The Balaban J connectivity index is 2.77. The van der Waals surface area contributed by atoms with E-state index in [1.807, 2.05) is 0 Å². The van der Waals surface area contributed by atoms with Crippen molar-refractivity contribution < 1.29 is 17.6 Å². The highest BCUT2D eigenvalue weighted by atomic mass is 35.5. The molecule has 0 amide bonds. The quantitative estimate of drug-likeness (QED) is 0.411. The summed E-state index contributed by atoms with van der Waals surface area (Å²) < 4.78 is 52.4. The van der Waals surface area contributed by atoms with Gasteiger partial charge in [-0.15, -0.1) is 0 Å². The molecule has 0 aliphatic heterocycles. The Labute approximate surface area is 126 Å². The smallest absolute Gasteiger partial charge is 0.206 e. The van der Waals surface area contributed by atoms with Crippen LogP contribution in [0.3, 0.4) is 0 Å². The molecule has 2 aromatic rings. The molecular formula is C13H5Cl3F4. The predicted molar refractivity (Wildman–Crippen MR) is 71.9 cm³/mol. The summed E-state index contributed by atoms with van der Waals surface area (Å²) in [7, 11) is 0. The standard InChI is InChI=1S/C13H5Cl3F4/c14-8-5-10(16)9(15)4-7(8)6-2-1-3-11(17)12(6)13(18,19)20/h1-5H. The summed E-state index contributed by atoms with van der Waals surface area (Å²) in [6.07, 6.45) is -4.85. The average molecular weight is 344 g/mol. The zero-order valence-corrected chi connectivity index (χ0v) is 11.8. The van der Waals surface area contributed by atoms with Gasteiger partial charge in [0.05, 0.1) is 15.6 Å². The molecule has 0 aromatic heterocycles. The fourth-order valence-corrected chi connectivity index (χ4v) is 2.41. The fraction of sp³-hybridized carbons (Fsp3) is 0.0769. The van der Waals surface area contributed by atoms with Crippen molar-refractivity contribution in [2.75, 3.05) is 0 Å². The molecule has 20 heavy (non-hydrogen) atoms. The first-order valence-corrected chi connectivity index (χ1v) is 6.36. The lowest BCUT2D eigenvalue weighted by Gasteiger charge is -2.15. The van der Waals surface area contributed by atoms with Crippen molar-refractivity contribution in [3.05, 3.63) is 56.8 Å². The Morgan fingerprint density at radius 1 is 0.800 bits per heavy atom. The van der Waals surface area contributed by atoms with Gasteiger partial charge in [-0.3, -0.25) is 0 Å². The zero-order chi connectivity index (χ0) is 15.1. The third kappa shape index (κ3) is 2.87. The summed E-state index contributed by atoms with van der Waals surface area (Å²) >= 11 is 17.4.